The van der Waals surface area contributed by atoms with Crippen LogP contribution in [0.4, 0.5) is 11.4 Å². The van der Waals surface area contributed by atoms with Gasteiger partial charge in [-0.3, -0.25) is 4.99 Å². The predicted molar refractivity (Wildman–Crippen MR) is 153 cm³/mol. The van der Waals surface area contributed by atoms with Crippen LogP contribution in [0.25, 0.3) is 0 Å². The Balaban J connectivity index is 1.60. The Morgan fingerprint density at radius 2 is 1.63 bits per heavy atom. The van der Waals surface area contributed by atoms with Crippen LogP contribution < -0.4 is 9.80 Å². The molecule has 0 saturated carbocycles. The molecule has 0 radical (unpaired) electrons. The summed E-state index contributed by atoms with van der Waals surface area (Å²) in [5.74, 6) is 0.528. The molecule has 3 aliphatic heterocycles. The highest BCUT2D eigenvalue weighted by atomic mass is 32.2. The number of benzene rings is 3. The molecular weight excluding hydrogens is 466 g/mol. The Kier molecular flexibility index (Phi) is 5.32. The average molecular weight is 500 g/mol. The van der Waals surface area contributed by atoms with Crippen LogP contribution >= 0.6 is 23.5 Å². The number of para-hydroxylation sites is 1. The maximum absolute atomic E-state index is 5.43. The van der Waals surface area contributed by atoms with Crippen LogP contribution in [0.2, 0.25) is 0 Å². The van der Waals surface area contributed by atoms with Crippen molar-refractivity contribution in [1.82, 2.24) is 0 Å². The van der Waals surface area contributed by atoms with Crippen molar-refractivity contribution in [3.05, 3.63) is 90.0 Å². The standard InChI is InChI=1S/C30H33N3S2/c1-28(2,3)31-27-29(22-15-17-24(18-16-22)32(4)5)20-23-19-21-11-9-10-14-26(21)33(29)30(23,35-27)34-25-12-7-6-8-13-25/h6-18,23H,19-20H2,1-5H3/t23-,29-,30+/m0/s1. The van der Waals surface area contributed by atoms with Crippen molar-refractivity contribution in [2.24, 2.45) is 10.9 Å². The number of hydrogen-bond acceptors (Lipinski definition) is 5. The molecule has 3 nitrogen and oxygen atoms in total. The molecule has 4 bridgehead atoms. The zero-order chi connectivity index (χ0) is 24.4. The number of nitrogens with zero attached hydrogens (tertiary/aromatic N) is 3. The molecule has 3 atom stereocenters. The monoisotopic (exact) mass is 499 g/mol. The summed E-state index contributed by atoms with van der Waals surface area (Å²) in [5, 5.41) is 1.26. The van der Waals surface area contributed by atoms with E-state index in [1.807, 2.05) is 23.5 Å². The Morgan fingerprint density at radius 1 is 0.943 bits per heavy atom. The van der Waals surface area contributed by atoms with Crippen LogP contribution in [0, 0.1) is 5.92 Å². The summed E-state index contributed by atoms with van der Waals surface area (Å²) in [4.78, 5) is 11.7. The van der Waals surface area contributed by atoms with E-state index in [2.05, 4.69) is 124 Å². The lowest BCUT2D eigenvalue weighted by Gasteiger charge is -2.44. The van der Waals surface area contributed by atoms with Gasteiger partial charge in [-0.25, -0.2) is 0 Å². The van der Waals surface area contributed by atoms with Crippen LogP contribution in [-0.2, 0) is 12.0 Å². The SMILES string of the molecule is CN(C)c1ccc([C@]23C[C@@H]4Cc5ccccc5N2[C@]4(Sc2ccccc2)SC3=NC(C)(C)C)cc1. The number of hydrogen-bond donors (Lipinski definition) is 0. The van der Waals surface area contributed by atoms with E-state index in [9.17, 15) is 0 Å². The average Bonchev–Trinajstić information content (AvgIpc) is 3.16. The summed E-state index contributed by atoms with van der Waals surface area (Å²) < 4.78 is -0.111. The molecule has 6 rings (SSSR count). The molecule has 2 fully saturated rings. The first kappa shape index (κ1) is 23.1. The molecule has 3 aliphatic rings. The smallest absolute Gasteiger partial charge is 0.147 e. The summed E-state index contributed by atoms with van der Waals surface area (Å²) >= 11 is 4.04. The minimum Gasteiger partial charge on any atom is -0.378 e. The van der Waals surface area contributed by atoms with Gasteiger partial charge in [0.15, 0.2) is 0 Å². The van der Waals surface area contributed by atoms with E-state index in [1.165, 1.54) is 32.4 Å². The van der Waals surface area contributed by atoms with E-state index in [1.54, 1.807) is 0 Å². The molecular formula is C30H33N3S2. The molecule has 0 unspecified atom stereocenters. The molecule has 0 aliphatic carbocycles. The van der Waals surface area contributed by atoms with E-state index >= 15 is 0 Å². The molecule has 0 amide bonds. The minimum absolute atomic E-state index is 0.111. The van der Waals surface area contributed by atoms with Gasteiger partial charge in [0.05, 0.1) is 5.54 Å². The second-order valence-electron chi connectivity index (χ2n) is 11.1. The van der Waals surface area contributed by atoms with Gasteiger partial charge >= 0.3 is 0 Å². The van der Waals surface area contributed by atoms with Crippen molar-refractivity contribution in [3.8, 4) is 0 Å². The highest BCUT2D eigenvalue weighted by Gasteiger charge is 2.72. The number of rotatable bonds is 4. The molecule has 0 N–H and O–H groups in total. The molecule has 0 aromatic heterocycles. The summed E-state index contributed by atoms with van der Waals surface area (Å²) in [7, 11) is 4.21. The number of thioether (sulfide) groups is 2. The van der Waals surface area contributed by atoms with Crippen molar-refractivity contribution < 1.29 is 0 Å². The van der Waals surface area contributed by atoms with Gasteiger partial charge in [0, 0.05) is 36.3 Å². The second kappa shape index (κ2) is 8.07. The Morgan fingerprint density at radius 3 is 2.31 bits per heavy atom. The maximum atomic E-state index is 5.43. The zero-order valence-corrected chi connectivity index (χ0v) is 22.8. The van der Waals surface area contributed by atoms with Crippen LogP contribution in [-0.4, -0.2) is 28.9 Å². The van der Waals surface area contributed by atoms with Gasteiger partial charge in [-0.2, -0.15) is 0 Å². The first-order valence-corrected chi connectivity index (χ1v) is 14.1. The first-order chi connectivity index (χ1) is 16.7. The number of aliphatic imine (C=N–C) groups is 1. The molecule has 35 heavy (non-hydrogen) atoms. The summed E-state index contributed by atoms with van der Waals surface area (Å²) in [6.07, 6.45) is 2.20. The van der Waals surface area contributed by atoms with Crippen LogP contribution in [0.3, 0.4) is 0 Å². The molecule has 2 saturated heterocycles. The van der Waals surface area contributed by atoms with Crippen LogP contribution in [0.1, 0.15) is 38.3 Å². The third kappa shape index (κ3) is 3.54. The lowest BCUT2D eigenvalue weighted by Crippen LogP contribution is -2.48. The van der Waals surface area contributed by atoms with Crippen molar-refractivity contribution in [2.45, 2.75) is 53.8 Å². The van der Waals surface area contributed by atoms with Gasteiger partial charge in [0.1, 0.15) is 14.8 Å². The molecule has 180 valence electrons. The van der Waals surface area contributed by atoms with E-state index < -0.39 is 0 Å². The van der Waals surface area contributed by atoms with Crippen molar-refractivity contribution in [3.63, 3.8) is 0 Å². The Labute approximate surface area is 218 Å². The van der Waals surface area contributed by atoms with Crippen LogP contribution in [0.5, 0.6) is 0 Å². The second-order valence-corrected chi connectivity index (χ2v) is 13.9. The normalized spacial score (nSPS) is 27.9. The molecule has 3 heterocycles. The summed E-state index contributed by atoms with van der Waals surface area (Å²) in [5.41, 5.74) is 5.03. The topological polar surface area (TPSA) is 18.8 Å². The van der Waals surface area contributed by atoms with Gasteiger partial charge in [0.2, 0.25) is 0 Å². The van der Waals surface area contributed by atoms with E-state index in [-0.39, 0.29) is 15.3 Å². The predicted octanol–water partition coefficient (Wildman–Crippen LogP) is 7.42. The van der Waals surface area contributed by atoms with Crippen molar-refractivity contribution in [2.75, 3.05) is 23.9 Å². The third-order valence-corrected chi connectivity index (χ3v) is 10.6. The fourth-order valence-electron chi connectivity index (χ4n) is 5.93. The van der Waals surface area contributed by atoms with E-state index in [0.717, 1.165) is 12.8 Å². The lowest BCUT2D eigenvalue weighted by atomic mass is 9.84. The lowest BCUT2D eigenvalue weighted by molar-refractivity contribution is 0.496. The fraction of sp³-hybridized carbons (Fsp3) is 0.367. The van der Waals surface area contributed by atoms with E-state index in [4.69, 9.17) is 4.99 Å². The zero-order valence-electron chi connectivity index (χ0n) is 21.2. The Bertz CT molecular complexity index is 1280. The van der Waals surface area contributed by atoms with Crippen molar-refractivity contribution in [1.29, 1.82) is 0 Å². The van der Waals surface area contributed by atoms with Gasteiger partial charge in [-0.05, 0) is 75.1 Å². The van der Waals surface area contributed by atoms with Gasteiger partial charge in [-0.15, -0.1) is 0 Å². The first-order valence-electron chi connectivity index (χ1n) is 12.4. The van der Waals surface area contributed by atoms with Gasteiger partial charge in [0.25, 0.3) is 0 Å². The summed E-state index contributed by atoms with van der Waals surface area (Å²) in [6, 6.07) is 29.2. The molecule has 3 aromatic rings. The van der Waals surface area contributed by atoms with E-state index in [0.29, 0.717) is 5.92 Å². The Hall–Kier alpha value is -2.37. The van der Waals surface area contributed by atoms with Gasteiger partial charge in [-0.1, -0.05) is 72.1 Å². The molecule has 0 spiro atoms. The maximum Gasteiger partial charge on any atom is 0.147 e. The van der Waals surface area contributed by atoms with Gasteiger partial charge < -0.3 is 9.80 Å². The number of fused-ring (bicyclic) bond motifs is 1. The number of anilines is 2. The minimum atomic E-state index is -0.248. The highest BCUT2D eigenvalue weighted by Crippen LogP contribution is 2.73. The van der Waals surface area contributed by atoms with Crippen molar-refractivity contribution >= 4 is 39.9 Å². The summed E-state index contributed by atoms with van der Waals surface area (Å²) in [6.45, 7) is 6.67. The quantitative estimate of drug-likeness (QED) is 0.372. The largest absolute Gasteiger partial charge is 0.378 e. The molecule has 5 heteroatoms. The third-order valence-electron chi connectivity index (χ3n) is 7.35. The van der Waals surface area contributed by atoms with Crippen LogP contribution in [0.15, 0.2) is 88.8 Å². The molecule has 3 aromatic carbocycles. The highest BCUT2D eigenvalue weighted by molar-refractivity contribution is 8.27. The fourth-order valence-corrected chi connectivity index (χ4v) is 9.67.